The van der Waals surface area contributed by atoms with E-state index in [-0.39, 0.29) is 24.0 Å². The van der Waals surface area contributed by atoms with Crippen molar-refractivity contribution in [3.63, 3.8) is 0 Å². The van der Waals surface area contributed by atoms with Gasteiger partial charge in [0.05, 0.1) is 13.2 Å². The minimum absolute atomic E-state index is 0.0208. The van der Waals surface area contributed by atoms with E-state index >= 15 is 0 Å². The van der Waals surface area contributed by atoms with Gasteiger partial charge in [0, 0.05) is 11.1 Å². The van der Waals surface area contributed by atoms with Crippen LogP contribution in [-0.4, -0.2) is 10.2 Å². The second-order valence-corrected chi connectivity index (χ2v) is 10.9. The smallest absolute Gasteiger partial charge is 0.125 e. The summed E-state index contributed by atoms with van der Waals surface area (Å²) in [6.07, 6.45) is 0. The van der Waals surface area contributed by atoms with Crippen molar-refractivity contribution in [2.45, 2.75) is 78.8 Å². The van der Waals surface area contributed by atoms with E-state index in [2.05, 4.69) is 53.7 Å². The van der Waals surface area contributed by atoms with Gasteiger partial charge in [0.2, 0.25) is 0 Å². The van der Waals surface area contributed by atoms with Gasteiger partial charge in [-0.25, -0.2) is 0 Å². The Bertz CT molecular complexity index is 998. The molecular weight excluding hydrogens is 424 g/mol. The number of aliphatic hydroxyl groups is 2. The predicted molar refractivity (Wildman–Crippen MR) is 137 cm³/mol. The molecule has 4 heteroatoms. The Labute approximate surface area is 204 Å². The lowest BCUT2D eigenvalue weighted by Gasteiger charge is -2.21. The fourth-order valence-electron chi connectivity index (χ4n) is 3.67. The third kappa shape index (κ3) is 6.62. The summed E-state index contributed by atoms with van der Waals surface area (Å²) >= 11 is 0. The van der Waals surface area contributed by atoms with E-state index in [0.29, 0.717) is 24.7 Å². The highest BCUT2D eigenvalue weighted by Gasteiger charge is 2.17. The van der Waals surface area contributed by atoms with Gasteiger partial charge < -0.3 is 19.7 Å². The average molecular weight is 463 g/mol. The number of ether oxygens (including phenoxy) is 2. The minimum atomic E-state index is -0.0535. The van der Waals surface area contributed by atoms with Crippen LogP contribution in [0.5, 0.6) is 11.5 Å². The van der Waals surface area contributed by atoms with E-state index in [1.165, 1.54) is 11.1 Å². The zero-order valence-corrected chi connectivity index (χ0v) is 21.3. The summed E-state index contributed by atoms with van der Waals surface area (Å²) in [6.45, 7) is 13.7. The summed E-state index contributed by atoms with van der Waals surface area (Å²) in [5.74, 6) is 1.41. The van der Waals surface area contributed by atoms with Gasteiger partial charge in [-0.05, 0) is 57.3 Å². The molecule has 2 N–H and O–H groups in total. The molecule has 0 bridgehead atoms. The summed E-state index contributed by atoms with van der Waals surface area (Å²) in [6, 6.07) is 20.1. The van der Waals surface area contributed by atoms with Gasteiger partial charge >= 0.3 is 0 Å². The normalized spacial score (nSPS) is 12.0. The van der Waals surface area contributed by atoms with E-state index in [4.69, 9.17) is 9.47 Å². The third-order valence-corrected chi connectivity index (χ3v) is 6.01. The van der Waals surface area contributed by atoms with Crippen molar-refractivity contribution in [1.82, 2.24) is 0 Å². The Kier molecular flexibility index (Phi) is 8.06. The molecule has 3 aromatic rings. The Morgan fingerprint density at radius 1 is 0.559 bits per heavy atom. The van der Waals surface area contributed by atoms with Crippen molar-refractivity contribution in [1.29, 1.82) is 0 Å². The van der Waals surface area contributed by atoms with Gasteiger partial charge in [-0.15, -0.1) is 0 Å². The first-order valence-electron chi connectivity index (χ1n) is 11.8. The number of benzene rings is 3. The van der Waals surface area contributed by atoms with Crippen molar-refractivity contribution in [3.8, 4) is 11.5 Å². The van der Waals surface area contributed by atoms with E-state index in [9.17, 15) is 10.2 Å². The topological polar surface area (TPSA) is 58.9 Å². The highest BCUT2D eigenvalue weighted by atomic mass is 16.5. The molecule has 0 unspecified atom stereocenters. The third-order valence-electron chi connectivity index (χ3n) is 6.01. The summed E-state index contributed by atoms with van der Waals surface area (Å²) in [5.41, 5.74) is 6.07. The highest BCUT2D eigenvalue weighted by molar-refractivity contribution is 5.40. The lowest BCUT2D eigenvalue weighted by molar-refractivity contribution is 0.257. The van der Waals surface area contributed by atoms with Crippen LogP contribution in [-0.2, 0) is 37.3 Å². The SMILES string of the molecule is CC(C)(C)c1ccc(OCc2ccc(COc3ccc(C(C)(C)C)cc3CO)cc2)c(CO)c1. The largest absolute Gasteiger partial charge is 0.489 e. The molecule has 0 saturated heterocycles. The van der Waals surface area contributed by atoms with Crippen molar-refractivity contribution in [3.05, 3.63) is 94.0 Å². The van der Waals surface area contributed by atoms with Gasteiger partial charge in [-0.1, -0.05) is 77.9 Å². The molecule has 0 fully saturated rings. The molecule has 182 valence electrons. The quantitative estimate of drug-likeness (QED) is 0.405. The summed E-state index contributed by atoms with van der Waals surface area (Å²) < 4.78 is 12.0. The van der Waals surface area contributed by atoms with Crippen LogP contribution in [0.2, 0.25) is 0 Å². The molecule has 4 nitrogen and oxygen atoms in total. The minimum Gasteiger partial charge on any atom is -0.489 e. The summed E-state index contributed by atoms with van der Waals surface area (Å²) in [4.78, 5) is 0. The van der Waals surface area contributed by atoms with Gasteiger partial charge in [0.25, 0.3) is 0 Å². The molecule has 3 rings (SSSR count). The molecule has 0 atom stereocenters. The Morgan fingerprint density at radius 3 is 1.21 bits per heavy atom. The van der Waals surface area contributed by atoms with Crippen molar-refractivity contribution in [2.24, 2.45) is 0 Å². The zero-order valence-electron chi connectivity index (χ0n) is 21.3. The Morgan fingerprint density at radius 2 is 0.912 bits per heavy atom. The molecule has 0 aliphatic carbocycles. The Hall–Kier alpha value is -2.82. The van der Waals surface area contributed by atoms with Crippen molar-refractivity contribution >= 4 is 0 Å². The molecule has 0 heterocycles. The number of hydrogen-bond acceptors (Lipinski definition) is 4. The monoisotopic (exact) mass is 462 g/mol. The lowest BCUT2D eigenvalue weighted by atomic mass is 9.86. The van der Waals surface area contributed by atoms with Crippen LogP contribution < -0.4 is 9.47 Å². The van der Waals surface area contributed by atoms with Crippen LogP contribution in [0.15, 0.2) is 60.7 Å². The zero-order chi connectivity index (χ0) is 24.9. The second-order valence-electron chi connectivity index (χ2n) is 10.9. The van der Waals surface area contributed by atoms with Gasteiger partial charge in [0.15, 0.2) is 0 Å². The summed E-state index contributed by atoms with van der Waals surface area (Å²) in [5, 5.41) is 19.6. The molecule has 0 spiro atoms. The lowest BCUT2D eigenvalue weighted by Crippen LogP contribution is -2.12. The van der Waals surface area contributed by atoms with Crippen LogP contribution in [0, 0.1) is 0 Å². The maximum absolute atomic E-state index is 9.78. The van der Waals surface area contributed by atoms with Crippen LogP contribution >= 0.6 is 0 Å². The fourth-order valence-corrected chi connectivity index (χ4v) is 3.67. The Balaban J connectivity index is 1.61. The van der Waals surface area contributed by atoms with E-state index in [1.54, 1.807) is 0 Å². The first kappa shape index (κ1) is 25.8. The van der Waals surface area contributed by atoms with Crippen LogP contribution in [0.3, 0.4) is 0 Å². The molecule has 0 aromatic heterocycles. The van der Waals surface area contributed by atoms with Crippen molar-refractivity contribution in [2.75, 3.05) is 0 Å². The van der Waals surface area contributed by atoms with Crippen LogP contribution in [0.25, 0.3) is 0 Å². The summed E-state index contributed by atoms with van der Waals surface area (Å²) in [7, 11) is 0. The maximum atomic E-state index is 9.78. The van der Waals surface area contributed by atoms with Gasteiger partial charge in [-0.3, -0.25) is 0 Å². The number of rotatable bonds is 8. The van der Waals surface area contributed by atoms with Crippen LogP contribution in [0.4, 0.5) is 0 Å². The first-order valence-corrected chi connectivity index (χ1v) is 11.8. The molecule has 34 heavy (non-hydrogen) atoms. The fraction of sp³-hybridized carbons (Fsp3) is 0.400. The first-order chi connectivity index (χ1) is 16.0. The molecule has 0 radical (unpaired) electrons. The molecule has 0 aliphatic heterocycles. The highest BCUT2D eigenvalue weighted by Crippen LogP contribution is 2.30. The van der Waals surface area contributed by atoms with Crippen molar-refractivity contribution < 1.29 is 19.7 Å². The molecule has 0 amide bonds. The number of hydrogen-bond donors (Lipinski definition) is 2. The molecule has 0 aliphatic rings. The van der Waals surface area contributed by atoms with Gasteiger partial charge in [0.1, 0.15) is 24.7 Å². The molecular formula is C30H38O4. The molecule has 3 aromatic carbocycles. The van der Waals surface area contributed by atoms with Crippen LogP contribution in [0.1, 0.15) is 74.9 Å². The predicted octanol–water partition coefficient (Wildman–Crippen LogP) is 6.42. The second kappa shape index (κ2) is 10.6. The number of aliphatic hydroxyl groups excluding tert-OH is 2. The van der Waals surface area contributed by atoms with E-state index in [0.717, 1.165) is 22.3 Å². The average Bonchev–Trinajstić information content (AvgIpc) is 2.80. The standard InChI is InChI=1S/C30H38O4/c1-29(2,3)25-11-13-27(23(15-25)17-31)33-19-21-7-9-22(10-8-21)20-34-28-14-12-26(30(4,5)6)16-24(28)18-32/h7-16,31-32H,17-20H2,1-6H3. The van der Waals surface area contributed by atoms with E-state index < -0.39 is 0 Å². The maximum Gasteiger partial charge on any atom is 0.125 e. The van der Waals surface area contributed by atoms with Gasteiger partial charge in [-0.2, -0.15) is 0 Å². The molecule has 0 saturated carbocycles. The van der Waals surface area contributed by atoms with E-state index in [1.807, 2.05) is 48.5 Å².